The Morgan fingerprint density at radius 2 is 1.76 bits per heavy atom. The molecule has 1 heterocycles. The van der Waals surface area contributed by atoms with Gasteiger partial charge in [-0.1, -0.05) is 19.3 Å². The SMILES string of the molecule is Cc1ccc(-c2ccc(NC(=O)C3CCCCC3)cc2)o1. The number of carbonyl (C=O) groups is 1. The molecule has 3 nitrogen and oxygen atoms in total. The van der Waals surface area contributed by atoms with Crippen molar-refractivity contribution in [1.29, 1.82) is 0 Å². The Bertz CT molecular complexity index is 606. The second-order valence-electron chi connectivity index (χ2n) is 5.81. The highest BCUT2D eigenvalue weighted by Gasteiger charge is 2.20. The monoisotopic (exact) mass is 283 g/mol. The van der Waals surface area contributed by atoms with Crippen LogP contribution in [0.1, 0.15) is 37.9 Å². The molecule has 3 heteroatoms. The molecule has 110 valence electrons. The number of nitrogens with one attached hydrogen (secondary N) is 1. The van der Waals surface area contributed by atoms with Crippen molar-refractivity contribution in [2.45, 2.75) is 39.0 Å². The number of furan rings is 1. The first kappa shape index (κ1) is 13.9. The fraction of sp³-hybridized carbons (Fsp3) is 0.389. The molecule has 1 saturated carbocycles. The van der Waals surface area contributed by atoms with E-state index in [4.69, 9.17) is 4.42 Å². The van der Waals surface area contributed by atoms with Gasteiger partial charge in [0.15, 0.2) is 0 Å². The van der Waals surface area contributed by atoms with Crippen molar-refractivity contribution in [2.24, 2.45) is 5.92 Å². The first-order valence-electron chi connectivity index (χ1n) is 7.70. The smallest absolute Gasteiger partial charge is 0.227 e. The Morgan fingerprint density at radius 1 is 1.05 bits per heavy atom. The predicted molar refractivity (Wildman–Crippen MR) is 84.1 cm³/mol. The van der Waals surface area contributed by atoms with Crippen LogP contribution in [0, 0.1) is 12.8 Å². The molecule has 1 amide bonds. The number of rotatable bonds is 3. The van der Waals surface area contributed by atoms with Crippen LogP contribution in [0.3, 0.4) is 0 Å². The summed E-state index contributed by atoms with van der Waals surface area (Å²) in [7, 11) is 0. The minimum atomic E-state index is 0.163. The average molecular weight is 283 g/mol. The van der Waals surface area contributed by atoms with E-state index in [1.165, 1.54) is 19.3 Å². The predicted octanol–water partition coefficient (Wildman–Crippen LogP) is 4.77. The van der Waals surface area contributed by atoms with E-state index < -0.39 is 0 Å². The molecule has 2 aromatic rings. The minimum absolute atomic E-state index is 0.163. The summed E-state index contributed by atoms with van der Waals surface area (Å²) < 4.78 is 5.60. The van der Waals surface area contributed by atoms with Crippen LogP contribution in [0.25, 0.3) is 11.3 Å². The second kappa shape index (κ2) is 6.17. The molecule has 0 saturated heterocycles. The van der Waals surface area contributed by atoms with Gasteiger partial charge in [0.25, 0.3) is 0 Å². The van der Waals surface area contributed by atoms with Crippen molar-refractivity contribution in [3.8, 4) is 11.3 Å². The van der Waals surface area contributed by atoms with Crippen molar-refractivity contribution in [1.82, 2.24) is 0 Å². The molecule has 0 aliphatic heterocycles. The Hall–Kier alpha value is -2.03. The van der Waals surface area contributed by atoms with E-state index in [0.717, 1.165) is 35.6 Å². The molecule has 0 unspecified atom stereocenters. The number of benzene rings is 1. The first-order valence-corrected chi connectivity index (χ1v) is 7.70. The highest BCUT2D eigenvalue weighted by atomic mass is 16.3. The maximum absolute atomic E-state index is 12.2. The molecule has 1 aliphatic carbocycles. The Balaban J connectivity index is 1.65. The standard InChI is InChI=1S/C18H21NO2/c1-13-7-12-17(21-13)14-8-10-16(11-9-14)19-18(20)15-5-3-2-4-6-15/h7-12,15H,2-6H2,1H3,(H,19,20). The minimum Gasteiger partial charge on any atom is -0.461 e. The summed E-state index contributed by atoms with van der Waals surface area (Å²) in [5, 5.41) is 3.03. The van der Waals surface area contributed by atoms with Gasteiger partial charge in [-0.2, -0.15) is 0 Å². The van der Waals surface area contributed by atoms with Gasteiger partial charge >= 0.3 is 0 Å². The van der Waals surface area contributed by atoms with Gasteiger partial charge in [-0.15, -0.1) is 0 Å². The highest BCUT2D eigenvalue weighted by Crippen LogP contribution is 2.26. The summed E-state index contributed by atoms with van der Waals surface area (Å²) >= 11 is 0. The molecule has 0 radical (unpaired) electrons. The van der Waals surface area contributed by atoms with Crippen LogP contribution >= 0.6 is 0 Å². The van der Waals surface area contributed by atoms with Crippen LogP contribution in [0.5, 0.6) is 0 Å². The fourth-order valence-corrected chi connectivity index (χ4v) is 2.92. The molecule has 1 aromatic carbocycles. The van der Waals surface area contributed by atoms with Gasteiger partial charge in [-0.3, -0.25) is 4.79 Å². The quantitative estimate of drug-likeness (QED) is 0.881. The third kappa shape index (κ3) is 3.35. The van der Waals surface area contributed by atoms with Crippen LogP contribution in [-0.4, -0.2) is 5.91 Å². The van der Waals surface area contributed by atoms with E-state index in [2.05, 4.69) is 5.32 Å². The maximum atomic E-state index is 12.2. The van der Waals surface area contributed by atoms with Crippen molar-refractivity contribution >= 4 is 11.6 Å². The van der Waals surface area contributed by atoms with E-state index in [0.29, 0.717) is 0 Å². The summed E-state index contributed by atoms with van der Waals surface area (Å²) in [6, 6.07) is 11.8. The van der Waals surface area contributed by atoms with Crippen LogP contribution < -0.4 is 5.32 Å². The van der Waals surface area contributed by atoms with Crippen LogP contribution in [0.2, 0.25) is 0 Å². The summed E-state index contributed by atoms with van der Waals surface area (Å²) in [5.74, 6) is 2.11. The van der Waals surface area contributed by atoms with Crippen molar-refractivity contribution in [3.05, 3.63) is 42.2 Å². The summed E-state index contributed by atoms with van der Waals surface area (Å²) in [5.41, 5.74) is 1.89. The van der Waals surface area contributed by atoms with E-state index in [1.807, 2.05) is 43.3 Å². The lowest BCUT2D eigenvalue weighted by Gasteiger charge is -2.20. The van der Waals surface area contributed by atoms with Gasteiger partial charge in [-0.25, -0.2) is 0 Å². The summed E-state index contributed by atoms with van der Waals surface area (Å²) in [6.07, 6.45) is 5.66. The summed E-state index contributed by atoms with van der Waals surface area (Å²) in [6.45, 7) is 1.93. The van der Waals surface area contributed by atoms with E-state index >= 15 is 0 Å². The molecule has 0 bridgehead atoms. The van der Waals surface area contributed by atoms with Gasteiger partial charge in [0.2, 0.25) is 5.91 Å². The van der Waals surface area contributed by atoms with Gasteiger partial charge in [0, 0.05) is 17.2 Å². The molecule has 1 fully saturated rings. The van der Waals surface area contributed by atoms with Crippen molar-refractivity contribution in [2.75, 3.05) is 5.32 Å². The first-order chi connectivity index (χ1) is 10.2. The molecular formula is C18H21NO2. The van der Waals surface area contributed by atoms with E-state index in [9.17, 15) is 4.79 Å². The third-order valence-corrected chi connectivity index (χ3v) is 4.15. The van der Waals surface area contributed by atoms with Crippen LogP contribution in [0.4, 0.5) is 5.69 Å². The Kier molecular flexibility index (Phi) is 4.09. The topological polar surface area (TPSA) is 42.2 Å². The lowest BCUT2D eigenvalue weighted by Crippen LogP contribution is -2.24. The lowest BCUT2D eigenvalue weighted by molar-refractivity contribution is -0.120. The van der Waals surface area contributed by atoms with Crippen molar-refractivity contribution in [3.63, 3.8) is 0 Å². The third-order valence-electron chi connectivity index (χ3n) is 4.15. The van der Waals surface area contributed by atoms with Gasteiger partial charge < -0.3 is 9.73 Å². The highest BCUT2D eigenvalue weighted by molar-refractivity contribution is 5.92. The number of carbonyl (C=O) groups excluding carboxylic acids is 1. The van der Waals surface area contributed by atoms with Crippen LogP contribution in [0.15, 0.2) is 40.8 Å². The number of hydrogen-bond donors (Lipinski definition) is 1. The zero-order chi connectivity index (χ0) is 14.7. The van der Waals surface area contributed by atoms with E-state index in [1.54, 1.807) is 0 Å². The second-order valence-corrected chi connectivity index (χ2v) is 5.81. The number of aryl methyl sites for hydroxylation is 1. The average Bonchev–Trinajstić information content (AvgIpc) is 2.95. The largest absolute Gasteiger partial charge is 0.461 e. The fourth-order valence-electron chi connectivity index (χ4n) is 2.92. The molecule has 0 spiro atoms. The normalized spacial score (nSPS) is 15.9. The Morgan fingerprint density at radius 3 is 2.38 bits per heavy atom. The maximum Gasteiger partial charge on any atom is 0.227 e. The molecule has 3 rings (SSSR count). The van der Waals surface area contributed by atoms with Crippen LogP contribution in [-0.2, 0) is 4.79 Å². The van der Waals surface area contributed by atoms with Gasteiger partial charge in [0.05, 0.1) is 0 Å². The lowest BCUT2D eigenvalue weighted by atomic mass is 9.88. The number of anilines is 1. The molecule has 0 atom stereocenters. The number of amides is 1. The number of hydrogen-bond acceptors (Lipinski definition) is 2. The zero-order valence-electron chi connectivity index (χ0n) is 12.4. The van der Waals surface area contributed by atoms with E-state index in [-0.39, 0.29) is 11.8 Å². The molecule has 1 aliphatic rings. The Labute approximate surface area is 125 Å². The zero-order valence-corrected chi connectivity index (χ0v) is 12.4. The molecular weight excluding hydrogens is 262 g/mol. The summed E-state index contributed by atoms with van der Waals surface area (Å²) in [4.78, 5) is 12.2. The molecule has 21 heavy (non-hydrogen) atoms. The van der Waals surface area contributed by atoms with Gasteiger partial charge in [-0.05, 0) is 56.2 Å². The molecule has 1 aromatic heterocycles. The van der Waals surface area contributed by atoms with Crippen molar-refractivity contribution < 1.29 is 9.21 Å². The molecule has 1 N–H and O–H groups in total. The van der Waals surface area contributed by atoms with Gasteiger partial charge in [0.1, 0.15) is 11.5 Å².